The van der Waals surface area contributed by atoms with Crippen LogP contribution in [0.25, 0.3) is 10.9 Å². The zero-order chi connectivity index (χ0) is 26.7. The maximum Gasteiger partial charge on any atom is 0.317 e. The minimum absolute atomic E-state index is 0. The summed E-state index contributed by atoms with van der Waals surface area (Å²) in [5.41, 5.74) is 9.06. The molecule has 8 nitrogen and oxygen atoms in total. The van der Waals surface area contributed by atoms with Gasteiger partial charge in [0.05, 0.1) is 11.2 Å². The molecule has 1 aromatic carbocycles. The number of fused-ring (bicyclic) bond motifs is 1. The van der Waals surface area contributed by atoms with E-state index in [9.17, 15) is 9.59 Å². The van der Waals surface area contributed by atoms with Crippen molar-refractivity contribution in [2.75, 3.05) is 36.4 Å². The molecule has 1 aromatic heterocycles. The molecule has 4 bridgehead atoms. The van der Waals surface area contributed by atoms with Crippen molar-refractivity contribution in [1.29, 1.82) is 0 Å². The topological polar surface area (TPSA) is 104 Å². The van der Waals surface area contributed by atoms with Gasteiger partial charge in [-0.2, -0.15) is 0 Å². The zero-order valence-corrected chi connectivity index (χ0v) is 25.6. The Bertz CT molecular complexity index is 1270. The number of hydrogen-bond donors (Lipinski definition) is 3. The molecule has 0 radical (unpaired) electrons. The lowest BCUT2D eigenvalue weighted by atomic mass is 9.49. The number of urea groups is 1. The van der Waals surface area contributed by atoms with Crippen LogP contribution in [0, 0.1) is 30.1 Å². The first-order valence-corrected chi connectivity index (χ1v) is 15.1. The number of anilines is 2. The summed E-state index contributed by atoms with van der Waals surface area (Å²) in [5.74, 6) is 3.62. The number of benzene rings is 1. The molecule has 3 heterocycles. The zero-order valence-electron chi connectivity index (χ0n) is 23.9. The van der Waals surface area contributed by atoms with E-state index in [1.165, 1.54) is 38.5 Å². The molecule has 6 fully saturated rings. The van der Waals surface area contributed by atoms with E-state index in [0.29, 0.717) is 13.0 Å². The Morgan fingerprint density at radius 3 is 2.34 bits per heavy atom. The van der Waals surface area contributed by atoms with Gasteiger partial charge in [0.2, 0.25) is 5.91 Å². The van der Waals surface area contributed by atoms with Gasteiger partial charge in [-0.25, -0.2) is 9.78 Å². The molecule has 41 heavy (non-hydrogen) atoms. The number of halogens is 2. The second kappa shape index (κ2) is 11.8. The van der Waals surface area contributed by atoms with Crippen molar-refractivity contribution in [3.63, 3.8) is 0 Å². The fraction of sp³-hybridized carbons (Fsp3) is 0.645. The fourth-order valence-corrected chi connectivity index (χ4v) is 9.00. The average Bonchev–Trinajstić information content (AvgIpc) is 3.53. The summed E-state index contributed by atoms with van der Waals surface area (Å²) in [6.45, 7) is 5.02. The van der Waals surface area contributed by atoms with Crippen molar-refractivity contribution in [1.82, 2.24) is 15.2 Å². The van der Waals surface area contributed by atoms with Crippen LogP contribution in [0.1, 0.15) is 63.4 Å². The van der Waals surface area contributed by atoms with Gasteiger partial charge in [-0.1, -0.05) is 6.07 Å². The highest BCUT2D eigenvalue weighted by Crippen LogP contribution is 2.61. The fourth-order valence-electron chi connectivity index (χ4n) is 9.00. The highest BCUT2D eigenvalue weighted by molar-refractivity contribution is 6.03. The third-order valence-corrected chi connectivity index (χ3v) is 10.4. The molecule has 2 saturated heterocycles. The molecule has 4 N–H and O–H groups in total. The van der Waals surface area contributed by atoms with Crippen LogP contribution < -0.4 is 21.3 Å². The number of amides is 3. The molecule has 2 aliphatic heterocycles. The summed E-state index contributed by atoms with van der Waals surface area (Å²) in [6, 6.07) is 8.45. The number of nitrogens with one attached hydrogen (secondary N) is 2. The maximum absolute atomic E-state index is 13.4. The molecule has 4 aliphatic carbocycles. The Morgan fingerprint density at radius 2 is 1.68 bits per heavy atom. The van der Waals surface area contributed by atoms with E-state index in [2.05, 4.69) is 46.7 Å². The van der Waals surface area contributed by atoms with E-state index >= 15 is 0 Å². The van der Waals surface area contributed by atoms with E-state index in [0.717, 1.165) is 78.2 Å². The molecule has 224 valence electrons. The number of carbonyl (C=O) groups is 2. The van der Waals surface area contributed by atoms with E-state index in [1.807, 2.05) is 4.90 Å². The van der Waals surface area contributed by atoms with Crippen LogP contribution >= 0.6 is 24.8 Å². The summed E-state index contributed by atoms with van der Waals surface area (Å²) in [6.07, 6.45) is 10.3. The molecule has 2 atom stereocenters. The van der Waals surface area contributed by atoms with Crippen molar-refractivity contribution in [3.8, 4) is 0 Å². The van der Waals surface area contributed by atoms with Crippen molar-refractivity contribution in [3.05, 3.63) is 29.8 Å². The summed E-state index contributed by atoms with van der Waals surface area (Å²) >= 11 is 0. The van der Waals surface area contributed by atoms with Crippen LogP contribution in [0.5, 0.6) is 0 Å². The van der Waals surface area contributed by atoms with Crippen LogP contribution in [0.4, 0.5) is 16.3 Å². The van der Waals surface area contributed by atoms with Gasteiger partial charge in [0.25, 0.3) is 0 Å². The number of hydrogen-bond acceptors (Lipinski definition) is 5. The molecule has 8 rings (SSSR count). The SMILES string of the molecule is Cc1ccc2nc(N3CC[C@H](NC(=O)N4CC[C@H](N)C4)C3)ccc2c1NC(=O)CC12CC3CC(CC(C3)C1)C2.Cl.Cl. The van der Waals surface area contributed by atoms with Gasteiger partial charge in [-0.05, 0) is 105 Å². The number of nitrogens with zero attached hydrogens (tertiary/aromatic N) is 3. The van der Waals surface area contributed by atoms with Crippen LogP contribution in [-0.2, 0) is 4.79 Å². The van der Waals surface area contributed by atoms with Gasteiger partial charge in [0.1, 0.15) is 5.82 Å². The lowest BCUT2D eigenvalue weighted by Crippen LogP contribution is -2.47. The van der Waals surface area contributed by atoms with E-state index in [4.69, 9.17) is 10.7 Å². The van der Waals surface area contributed by atoms with E-state index in [-0.39, 0.29) is 54.3 Å². The largest absolute Gasteiger partial charge is 0.354 e. The smallest absolute Gasteiger partial charge is 0.317 e. The molecule has 0 unspecified atom stereocenters. The van der Waals surface area contributed by atoms with E-state index < -0.39 is 0 Å². The standard InChI is InChI=1S/C31H42N6O2.2ClH/c1-19-2-4-26-25(29(19)35-28(38)16-31-13-20-10-21(14-31)12-22(11-20)15-31)3-5-27(34-26)36-9-7-24(18-36)33-30(39)37-8-6-23(32)17-37;;/h2-5,20-24H,6-18,32H2,1H3,(H,33,39)(H,35,38);2*1H/t20?,21?,22?,23-,24-,31?;;/m0../s1. The monoisotopic (exact) mass is 602 g/mol. The van der Waals surface area contributed by atoms with Crippen LogP contribution in [0.2, 0.25) is 0 Å². The van der Waals surface area contributed by atoms with Gasteiger partial charge in [0, 0.05) is 50.1 Å². The first-order valence-electron chi connectivity index (χ1n) is 15.1. The molecule has 10 heteroatoms. The molecule has 6 aliphatic rings. The molecule has 2 aromatic rings. The van der Waals surface area contributed by atoms with Crippen LogP contribution in [0.15, 0.2) is 24.3 Å². The number of aromatic nitrogens is 1. The minimum atomic E-state index is -0.00864. The van der Waals surface area contributed by atoms with Crippen molar-refractivity contribution in [2.45, 2.75) is 76.8 Å². The van der Waals surface area contributed by atoms with Gasteiger partial charge >= 0.3 is 6.03 Å². The first kappa shape index (κ1) is 30.2. The second-order valence-corrected chi connectivity index (χ2v) is 13.5. The Morgan fingerprint density at radius 1 is 0.976 bits per heavy atom. The molecular formula is C31H44Cl2N6O2. The Balaban J connectivity index is 0.00000169. The quantitative estimate of drug-likeness (QED) is 0.433. The summed E-state index contributed by atoms with van der Waals surface area (Å²) in [5, 5.41) is 7.50. The predicted molar refractivity (Wildman–Crippen MR) is 168 cm³/mol. The van der Waals surface area contributed by atoms with Crippen LogP contribution in [-0.4, -0.2) is 60.1 Å². The summed E-state index contributed by atoms with van der Waals surface area (Å²) in [4.78, 5) is 35.1. The number of likely N-dealkylation sites (tertiary alicyclic amines) is 1. The molecule has 0 spiro atoms. The summed E-state index contributed by atoms with van der Waals surface area (Å²) < 4.78 is 0. The molecule has 4 saturated carbocycles. The van der Waals surface area contributed by atoms with Gasteiger partial charge in [-0.3, -0.25) is 4.79 Å². The highest BCUT2D eigenvalue weighted by atomic mass is 35.5. The number of pyridine rings is 1. The minimum Gasteiger partial charge on any atom is -0.354 e. The molecule has 3 amide bonds. The average molecular weight is 604 g/mol. The van der Waals surface area contributed by atoms with Gasteiger partial charge < -0.3 is 26.2 Å². The number of rotatable bonds is 5. The number of aryl methyl sites for hydroxylation is 1. The van der Waals surface area contributed by atoms with E-state index in [1.54, 1.807) is 0 Å². The normalized spacial score (nSPS) is 31.6. The third kappa shape index (κ3) is 5.98. The Labute approximate surface area is 255 Å². The Kier molecular flexibility index (Phi) is 8.66. The van der Waals surface area contributed by atoms with Crippen molar-refractivity contribution in [2.24, 2.45) is 28.9 Å². The number of nitrogens with two attached hydrogens (primary N) is 1. The third-order valence-electron chi connectivity index (χ3n) is 10.4. The van der Waals surface area contributed by atoms with Crippen LogP contribution in [0.3, 0.4) is 0 Å². The van der Waals surface area contributed by atoms with Gasteiger partial charge in [0.15, 0.2) is 0 Å². The Hall–Kier alpha value is -2.29. The predicted octanol–water partition coefficient (Wildman–Crippen LogP) is 5.25. The molecular weight excluding hydrogens is 559 g/mol. The van der Waals surface area contributed by atoms with Crippen molar-refractivity contribution >= 4 is 59.2 Å². The summed E-state index contributed by atoms with van der Waals surface area (Å²) in [7, 11) is 0. The first-order chi connectivity index (χ1) is 18.8. The lowest BCUT2D eigenvalue weighted by molar-refractivity contribution is -0.124. The highest BCUT2D eigenvalue weighted by Gasteiger charge is 2.51. The second-order valence-electron chi connectivity index (χ2n) is 13.5. The maximum atomic E-state index is 13.4. The van der Waals surface area contributed by atoms with Crippen molar-refractivity contribution < 1.29 is 9.59 Å². The van der Waals surface area contributed by atoms with Gasteiger partial charge in [-0.15, -0.1) is 24.8 Å². The number of carbonyl (C=O) groups excluding carboxylic acids is 2. The lowest BCUT2D eigenvalue weighted by Gasteiger charge is -2.56.